The van der Waals surface area contributed by atoms with Crippen molar-refractivity contribution in [3.8, 4) is 11.5 Å². The number of carbonyl (C=O) groups is 2. The Bertz CT molecular complexity index is 1330. The average molecular weight is 507 g/mol. The molecule has 1 fully saturated rings. The number of hydrogen-bond acceptors (Lipinski definition) is 6. The molecular formula is C28H27ClN2O5. The molecule has 8 heteroatoms. The number of carbonyl (C=O) groups excluding carboxylic acids is 2. The van der Waals surface area contributed by atoms with Gasteiger partial charge in [0.05, 0.1) is 30.4 Å². The monoisotopic (exact) mass is 506 g/mol. The highest BCUT2D eigenvalue weighted by Crippen LogP contribution is 2.44. The molecule has 0 saturated carbocycles. The van der Waals surface area contributed by atoms with E-state index in [1.54, 1.807) is 42.5 Å². The van der Waals surface area contributed by atoms with E-state index in [9.17, 15) is 14.7 Å². The second-order valence-electron chi connectivity index (χ2n) is 8.43. The molecule has 1 atom stereocenters. The van der Waals surface area contributed by atoms with Crippen molar-refractivity contribution in [1.82, 2.24) is 0 Å². The van der Waals surface area contributed by atoms with Gasteiger partial charge in [0, 0.05) is 31.0 Å². The highest BCUT2D eigenvalue weighted by atomic mass is 35.5. The lowest BCUT2D eigenvalue weighted by Gasteiger charge is -2.26. The highest BCUT2D eigenvalue weighted by molar-refractivity contribution is 6.51. The van der Waals surface area contributed by atoms with Crippen LogP contribution in [0, 0.1) is 0 Å². The first-order valence-corrected chi connectivity index (χ1v) is 11.8. The minimum atomic E-state index is -0.874. The van der Waals surface area contributed by atoms with Crippen LogP contribution in [-0.4, -0.2) is 44.6 Å². The normalized spacial score (nSPS) is 16.8. The van der Waals surface area contributed by atoms with Gasteiger partial charge in [-0.15, -0.1) is 0 Å². The number of nitrogens with zero attached hydrogens (tertiary/aromatic N) is 2. The lowest BCUT2D eigenvalue weighted by Crippen LogP contribution is -2.29. The Balaban J connectivity index is 1.91. The van der Waals surface area contributed by atoms with Crippen molar-refractivity contribution in [3.05, 3.63) is 88.5 Å². The summed E-state index contributed by atoms with van der Waals surface area (Å²) >= 11 is 6.35. The van der Waals surface area contributed by atoms with Gasteiger partial charge in [-0.25, -0.2) is 0 Å². The van der Waals surface area contributed by atoms with E-state index in [-0.39, 0.29) is 11.3 Å². The molecule has 1 aliphatic heterocycles. The van der Waals surface area contributed by atoms with E-state index >= 15 is 0 Å². The van der Waals surface area contributed by atoms with Crippen LogP contribution in [0.2, 0.25) is 5.02 Å². The third-order valence-electron chi connectivity index (χ3n) is 6.00. The quantitative estimate of drug-likeness (QED) is 0.261. The first-order chi connectivity index (χ1) is 17.3. The summed E-state index contributed by atoms with van der Waals surface area (Å²) in [6.45, 7) is 2.31. The number of ether oxygens (including phenoxy) is 2. The SMILES string of the molecule is CCOc1cccc(/C(O)=C2\C(=O)C(=O)N(c3ccc(OC)c(Cl)c3)C2c2ccc(N(C)C)cc2)c1. The fourth-order valence-corrected chi connectivity index (χ4v) is 4.48. The van der Waals surface area contributed by atoms with Gasteiger partial charge in [0.15, 0.2) is 0 Å². The number of methoxy groups -OCH3 is 1. The van der Waals surface area contributed by atoms with Crippen molar-refractivity contribution in [1.29, 1.82) is 0 Å². The molecule has 186 valence electrons. The van der Waals surface area contributed by atoms with Crippen LogP contribution in [0.1, 0.15) is 24.1 Å². The molecule has 4 rings (SSSR count). The number of aliphatic hydroxyl groups is 1. The van der Waals surface area contributed by atoms with Gasteiger partial charge in [0.1, 0.15) is 17.3 Å². The van der Waals surface area contributed by atoms with E-state index in [2.05, 4.69) is 0 Å². The number of benzene rings is 3. The van der Waals surface area contributed by atoms with Crippen LogP contribution in [0.5, 0.6) is 11.5 Å². The van der Waals surface area contributed by atoms with Crippen molar-refractivity contribution < 1.29 is 24.2 Å². The smallest absolute Gasteiger partial charge is 0.300 e. The molecule has 1 N–H and O–H groups in total. The van der Waals surface area contributed by atoms with Crippen molar-refractivity contribution in [3.63, 3.8) is 0 Å². The molecule has 3 aromatic carbocycles. The lowest BCUT2D eigenvalue weighted by molar-refractivity contribution is -0.132. The Kier molecular flexibility index (Phi) is 7.22. The zero-order chi connectivity index (χ0) is 26.0. The first-order valence-electron chi connectivity index (χ1n) is 11.4. The van der Waals surface area contributed by atoms with Crippen LogP contribution in [0.15, 0.2) is 72.3 Å². The lowest BCUT2D eigenvalue weighted by atomic mass is 9.94. The van der Waals surface area contributed by atoms with Gasteiger partial charge in [-0.2, -0.15) is 0 Å². The van der Waals surface area contributed by atoms with Crippen LogP contribution in [-0.2, 0) is 9.59 Å². The summed E-state index contributed by atoms with van der Waals surface area (Å²) in [6, 6.07) is 18.3. The van der Waals surface area contributed by atoms with E-state index in [0.717, 1.165) is 5.69 Å². The molecule has 0 bridgehead atoms. The Morgan fingerprint density at radius 1 is 1.06 bits per heavy atom. The van der Waals surface area contributed by atoms with E-state index in [1.807, 2.05) is 50.2 Å². The maximum Gasteiger partial charge on any atom is 0.300 e. The van der Waals surface area contributed by atoms with Gasteiger partial charge in [-0.05, 0) is 55.0 Å². The van der Waals surface area contributed by atoms with Crippen molar-refractivity contribution >= 4 is 40.4 Å². The Hall–Kier alpha value is -3.97. The minimum absolute atomic E-state index is 0.0156. The second kappa shape index (κ2) is 10.3. The van der Waals surface area contributed by atoms with Gasteiger partial charge in [-0.3, -0.25) is 14.5 Å². The molecule has 0 radical (unpaired) electrons. The zero-order valence-electron chi connectivity index (χ0n) is 20.5. The number of ketones is 1. The molecule has 0 spiro atoms. The standard InChI is InChI=1S/C28H27ClN2O5/c1-5-36-21-8-6-7-18(15-21)26(32)24-25(17-9-11-19(12-10-17)30(2)3)31(28(34)27(24)33)20-13-14-23(35-4)22(29)16-20/h6-16,25,32H,5H2,1-4H3/b26-24+. The van der Waals surface area contributed by atoms with E-state index in [4.69, 9.17) is 21.1 Å². The predicted molar refractivity (Wildman–Crippen MR) is 141 cm³/mol. The number of amides is 1. The summed E-state index contributed by atoms with van der Waals surface area (Å²) < 4.78 is 10.8. The molecule has 1 heterocycles. The molecule has 1 unspecified atom stereocenters. The van der Waals surface area contributed by atoms with Crippen LogP contribution in [0.4, 0.5) is 11.4 Å². The van der Waals surface area contributed by atoms with Gasteiger partial charge < -0.3 is 19.5 Å². The van der Waals surface area contributed by atoms with Gasteiger partial charge in [-0.1, -0.05) is 35.9 Å². The molecule has 0 aliphatic carbocycles. The van der Waals surface area contributed by atoms with Crippen molar-refractivity contribution in [2.24, 2.45) is 0 Å². The van der Waals surface area contributed by atoms with E-state index < -0.39 is 17.7 Å². The predicted octanol–water partition coefficient (Wildman–Crippen LogP) is 5.44. The number of anilines is 2. The summed E-state index contributed by atoms with van der Waals surface area (Å²) in [6.07, 6.45) is 0. The third-order valence-corrected chi connectivity index (χ3v) is 6.30. The number of hydrogen-bond donors (Lipinski definition) is 1. The van der Waals surface area contributed by atoms with Crippen LogP contribution in [0.25, 0.3) is 5.76 Å². The van der Waals surface area contributed by atoms with E-state index in [0.29, 0.717) is 39.9 Å². The number of aliphatic hydroxyl groups excluding tert-OH is 1. The zero-order valence-corrected chi connectivity index (χ0v) is 21.2. The second-order valence-corrected chi connectivity index (χ2v) is 8.84. The fraction of sp³-hybridized carbons (Fsp3) is 0.214. The van der Waals surface area contributed by atoms with Crippen molar-refractivity contribution in [2.45, 2.75) is 13.0 Å². The van der Waals surface area contributed by atoms with Crippen molar-refractivity contribution in [2.75, 3.05) is 37.6 Å². The molecule has 1 amide bonds. The Morgan fingerprint density at radius 3 is 2.39 bits per heavy atom. The topological polar surface area (TPSA) is 79.3 Å². The summed E-state index contributed by atoms with van der Waals surface area (Å²) in [5, 5.41) is 11.6. The average Bonchev–Trinajstić information content (AvgIpc) is 3.14. The number of rotatable bonds is 7. The minimum Gasteiger partial charge on any atom is -0.507 e. The largest absolute Gasteiger partial charge is 0.507 e. The summed E-state index contributed by atoms with van der Waals surface area (Å²) in [7, 11) is 5.34. The molecule has 36 heavy (non-hydrogen) atoms. The maximum atomic E-state index is 13.4. The first kappa shape index (κ1) is 25.1. The molecule has 1 aliphatic rings. The number of halogens is 1. The van der Waals surface area contributed by atoms with Gasteiger partial charge in [0.25, 0.3) is 11.7 Å². The van der Waals surface area contributed by atoms with Gasteiger partial charge in [0.2, 0.25) is 0 Å². The fourth-order valence-electron chi connectivity index (χ4n) is 4.23. The molecule has 1 saturated heterocycles. The van der Waals surface area contributed by atoms with Crippen LogP contribution >= 0.6 is 11.6 Å². The van der Waals surface area contributed by atoms with Crippen LogP contribution < -0.4 is 19.3 Å². The number of Topliss-reactive ketones (excluding diaryl/α,β-unsaturated/α-hetero) is 1. The van der Waals surface area contributed by atoms with Crippen LogP contribution in [0.3, 0.4) is 0 Å². The highest BCUT2D eigenvalue weighted by Gasteiger charge is 2.47. The molecule has 0 aromatic heterocycles. The summed E-state index contributed by atoms with van der Waals surface area (Å²) in [4.78, 5) is 30.1. The Morgan fingerprint density at radius 2 is 1.78 bits per heavy atom. The molecular weight excluding hydrogens is 480 g/mol. The summed E-state index contributed by atoms with van der Waals surface area (Å²) in [5.74, 6) is -0.844. The van der Waals surface area contributed by atoms with Gasteiger partial charge >= 0.3 is 0 Å². The molecule has 7 nitrogen and oxygen atoms in total. The summed E-state index contributed by atoms with van der Waals surface area (Å²) in [5.41, 5.74) is 2.38. The third kappa shape index (κ3) is 4.62. The van der Waals surface area contributed by atoms with E-state index in [1.165, 1.54) is 12.0 Å². The maximum absolute atomic E-state index is 13.4. The Labute approximate surface area is 215 Å². The molecule has 3 aromatic rings.